The van der Waals surface area contributed by atoms with Crippen molar-refractivity contribution in [1.82, 2.24) is 0 Å². The van der Waals surface area contributed by atoms with E-state index >= 15 is 0 Å². The summed E-state index contributed by atoms with van der Waals surface area (Å²) in [5.74, 6) is 0.765. The maximum Gasteiger partial charge on any atom is 0.167 e. The summed E-state index contributed by atoms with van der Waals surface area (Å²) in [5.41, 5.74) is 7.77. The van der Waals surface area contributed by atoms with Gasteiger partial charge in [0.1, 0.15) is 5.75 Å². The standard InChI is InChI=1S/C15H15NO2/c1-18-15-8-3-2-5-12(15)10-14(17)11-6-4-7-13(16)9-11/h2-9H,10,16H2,1H3. The molecule has 0 radical (unpaired) electrons. The number of hydrogen-bond acceptors (Lipinski definition) is 3. The van der Waals surface area contributed by atoms with Gasteiger partial charge in [-0.1, -0.05) is 30.3 Å². The summed E-state index contributed by atoms with van der Waals surface area (Å²) in [6.45, 7) is 0. The van der Waals surface area contributed by atoms with Crippen molar-refractivity contribution in [1.29, 1.82) is 0 Å². The first-order chi connectivity index (χ1) is 8.70. The number of anilines is 1. The molecule has 2 aromatic rings. The van der Waals surface area contributed by atoms with Crippen LogP contribution in [0.4, 0.5) is 5.69 Å². The average molecular weight is 241 g/mol. The number of para-hydroxylation sites is 1. The number of nitrogen functional groups attached to an aromatic ring is 1. The van der Waals surface area contributed by atoms with Crippen molar-refractivity contribution in [3.63, 3.8) is 0 Å². The number of hydrogen-bond donors (Lipinski definition) is 1. The maximum atomic E-state index is 12.1. The first-order valence-electron chi connectivity index (χ1n) is 5.71. The Labute approximate surface area is 106 Å². The lowest BCUT2D eigenvalue weighted by Gasteiger charge is -2.07. The number of nitrogens with two attached hydrogens (primary N) is 1. The molecule has 0 unspecified atom stereocenters. The molecule has 3 nitrogen and oxygen atoms in total. The van der Waals surface area contributed by atoms with E-state index in [0.717, 1.165) is 11.3 Å². The lowest BCUT2D eigenvalue weighted by molar-refractivity contribution is 0.0992. The van der Waals surface area contributed by atoms with E-state index in [-0.39, 0.29) is 5.78 Å². The van der Waals surface area contributed by atoms with Crippen LogP contribution in [0, 0.1) is 0 Å². The van der Waals surface area contributed by atoms with Gasteiger partial charge >= 0.3 is 0 Å². The summed E-state index contributed by atoms with van der Waals surface area (Å²) in [6, 6.07) is 14.5. The van der Waals surface area contributed by atoms with Crippen LogP contribution >= 0.6 is 0 Å². The third-order valence-corrected chi connectivity index (χ3v) is 2.75. The van der Waals surface area contributed by atoms with E-state index in [2.05, 4.69) is 0 Å². The highest BCUT2D eigenvalue weighted by Gasteiger charge is 2.10. The Balaban J connectivity index is 2.21. The largest absolute Gasteiger partial charge is 0.496 e. The second-order valence-corrected chi connectivity index (χ2v) is 4.04. The highest BCUT2D eigenvalue weighted by molar-refractivity contribution is 5.98. The van der Waals surface area contributed by atoms with Gasteiger partial charge < -0.3 is 10.5 Å². The number of methoxy groups -OCH3 is 1. The average Bonchev–Trinajstić information content (AvgIpc) is 2.39. The lowest BCUT2D eigenvalue weighted by Crippen LogP contribution is -2.05. The van der Waals surface area contributed by atoms with Gasteiger partial charge in [-0.15, -0.1) is 0 Å². The predicted molar refractivity (Wildman–Crippen MR) is 71.9 cm³/mol. The second-order valence-electron chi connectivity index (χ2n) is 4.04. The Morgan fingerprint density at radius 1 is 1.17 bits per heavy atom. The molecule has 2 N–H and O–H groups in total. The third kappa shape index (κ3) is 2.69. The summed E-state index contributed by atoms with van der Waals surface area (Å²) in [4.78, 5) is 12.1. The quantitative estimate of drug-likeness (QED) is 0.661. The summed E-state index contributed by atoms with van der Waals surface area (Å²) in [7, 11) is 1.60. The van der Waals surface area contributed by atoms with Crippen molar-refractivity contribution in [2.45, 2.75) is 6.42 Å². The number of rotatable bonds is 4. The topological polar surface area (TPSA) is 52.3 Å². The van der Waals surface area contributed by atoms with Crippen molar-refractivity contribution in [3.8, 4) is 5.75 Å². The highest BCUT2D eigenvalue weighted by Crippen LogP contribution is 2.19. The first-order valence-corrected chi connectivity index (χ1v) is 5.71. The molecule has 2 aromatic carbocycles. The van der Waals surface area contributed by atoms with E-state index in [4.69, 9.17) is 10.5 Å². The summed E-state index contributed by atoms with van der Waals surface area (Å²) < 4.78 is 5.23. The monoisotopic (exact) mass is 241 g/mol. The van der Waals surface area contributed by atoms with E-state index in [9.17, 15) is 4.79 Å². The molecule has 0 aliphatic carbocycles. The number of carbonyl (C=O) groups is 1. The van der Waals surface area contributed by atoms with Crippen molar-refractivity contribution in [3.05, 3.63) is 59.7 Å². The van der Waals surface area contributed by atoms with Gasteiger partial charge in [-0.05, 0) is 18.2 Å². The molecule has 3 heteroatoms. The zero-order valence-electron chi connectivity index (χ0n) is 10.2. The van der Waals surface area contributed by atoms with Gasteiger partial charge in [-0.3, -0.25) is 4.79 Å². The molecule has 92 valence electrons. The van der Waals surface area contributed by atoms with Gasteiger partial charge in [0.15, 0.2) is 5.78 Å². The molecule has 0 aliphatic rings. The van der Waals surface area contributed by atoms with Crippen molar-refractivity contribution < 1.29 is 9.53 Å². The molecule has 0 heterocycles. The summed E-state index contributed by atoms with van der Waals surface area (Å²) >= 11 is 0. The van der Waals surface area contributed by atoms with Crippen LogP contribution in [0.1, 0.15) is 15.9 Å². The number of benzene rings is 2. The normalized spacial score (nSPS) is 10.1. The van der Waals surface area contributed by atoms with Gasteiger partial charge in [0.25, 0.3) is 0 Å². The van der Waals surface area contributed by atoms with E-state index in [1.165, 1.54) is 0 Å². The molecule has 0 amide bonds. The summed E-state index contributed by atoms with van der Waals surface area (Å²) in [5, 5.41) is 0. The molecule has 0 spiro atoms. The van der Waals surface area contributed by atoms with Crippen molar-refractivity contribution in [2.75, 3.05) is 12.8 Å². The molecular weight excluding hydrogens is 226 g/mol. The molecule has 0 atom stereocenters. The number of ether oxygens (including phenoxy) is 1. The molecule has 0 aromatic heterocycles. The predicted octanol–water partition coefficient (Wildman–Crippen LogP) is 2.70. The van der Waals surface area contributed by atoms with Gasteiger partial charge in [-0.2, -0.15) is 0 Å². The Bertz CT molecular complexity index is 564. The van der Waals surface area contributed by atoms with Crippen LogP contribution in [-0.2, 0) is 6.42 Å². The molecule has 0 saturated carbocycles. The van der Waals surface area contributed by atoms with Crippen LogP contribution in [0.15, 0.2) is 48.5 Å². The fraction of sp³-hybridized carbons (Fsp3) is 0.133. The Morgan fingerprint density at radius 3 is 2.67 bits per heavy atom. The Hall–Kier alpha value is -2.29. The van der Waals surface area contributed by atoms with Crippen LogP contribution in [-0.4, -0.2) is 12.9 Å². The van der Waals surface area contributed by atoms with Gasteiger partial charge in [-0.25, -0.2) is 0 Å². The fourth-order valence-corrected chi connectivity index (χ4v) is 1.84. The molecule has 2 rings (SSSR count). The number of ketones is 1. The molecule has 0 saturated heterocycles. The molecule has 18 heavy (non-hydrogen) atoms. The minimum absolute atomic E-state index is 0.0341. The molecular formula is C15H15NO2. The van der Waals surface area contributed by atoms with E-state index < -0.39 is 0 Å². The van der Waals surface area contributed by atoms with Crippen LogP contribution in [0.2, 0.25) is 0 Å². The maximum absolute atomic E-state index is 12.1. The first kappa shape index (κ1) is 12.2. The smallest absolute Gasteiger partial charge is 0.167 e. The fourth-order valence-electron chi connectivity index (χ4n) is 1.84. The Kier molecular flexibility index (Phi) is 3.63. The third-order valence-electron chi connectivity index (χ3n) is 2.75. The second kappa shape index (κ2) is 5.36. The SMILES string of the molecule is COc1ccccc1CC(=O)c1cccc(N)c1. The number of Topliss-reactive ketones (excluding diaryl/α,β-unsaturated/α-hetero) is 1. The van der Waals surface area contributed by atoms with Crippen LogP contribution in [0.3, 0.4) is 0 Å². The van der Waals surface area contributed by atoms with E-state index in [1.807, 2.05) is 24.3 Å². The minimum Gasteiger partial charge on any atom is -0.496 e. The van der Waals surface area contributed by atoms with E-state index in [0.29, 0.717) is 17.7 Å². The zero-order valence-corrected chi connectivity index (χ0v) is 10.2. The van der Waals surface area contributed by atoms with Crippen LogP contribution < -0.4 is 10.5 Å². The molecule has 0 aliphatic heterocycles. The lowest BCUT2D eigenvalue weighted by atomic mass is 10.0. The minimum atomic E-state index is 0.0341. The van der Waals surface area contributed by atoms with Crippen molar-refractivity contribution in [2.24, 2.45) is 0 Å². The summed E-state index contributed by atoms with van der Waals surface area (Å²) in [6.07, 6.45) is 0.313. The highest BCUT2D eigenvalue weighted by atomic mass is 16.5. The van der Waals surface area contributed by atoms with Crippen LogP contribution in [0.5, 0.6) is 5.75 Å². The van der Waals surface area contributed by atoms with Crippen LogP contribution in [0.25, 0.3) is 0 Å². The van der Waals surface area contributed by atoms with Crippen molar-refractivity contribution >= 4 is 11.5 Å². The molecule has 0 fully saturated rings. The number of carbonyl (C=O) groups excluding carboxylic acids is 1. The van der Waals surface area contributed by atoms with Gasteiger partial charge in [0.2, 0.25) is 0 Å². The van der Waals surface area contributed by atoms with Gasteiger partial charge in [0, 0.05) is 23.2 Å². The zero-order chi connectivity index (χ0) is 13.0. The molecule has 0 bridgehead atoms. The van der Waals surface area contributed by atoms with E-state index in [1.54, 1.807) is 31.4 Å². The van der Waals surface area contributed by atoms with Gasteiger partial charge in [0.05, 0.1) is 7.11 Å². The Morgan fingerprint density at radius 2 is 1.94 bits per heavy atom.